The molecule has 0 spiro atoms. The molecule has 106 valence electrons. The summed E-state index contributed by atoms with van der Waals surface area (Å²) in [6.07, 6.45) is 1.01. The number of likely N-dealkylation sites (N-methyl/N-ethyl adjacent to an activating group) is 1. The molecular weight excluding hydrogens is 302 g/mol. The van der Waals surface area contributed by atoms with Crippen molar-refractivity contribution in [2.75, 3.05) is 33.2 Å². The highest BCUT2D eigenvalue weighted by Gasteiger charge is 2.21. The number of nitrogens with zero attached hydrogens (tertiary/aromatic N) is 2. The second-order valence-corrected chi connectivity index (χ2v) is 6.42. The molecule has 1 aromatic rings. The molecule has 3 nitrogen and oxygen atoms in total. The van der Waals surface area contributed by atoms with E-state index in [0.29, 0.717) is 6.04 Å². The minimum atomic E-state index is 0.113. The van der Waals surface area contributed by atoms with E-state index in [1.807, 2.05) is 6.07 Å². The highest BCUT2D eigenvalue weighted by Crippen LogP contribution is 2.24. The third-order valence-corrected chi connectivity index (χ3v) is 4.72. The Kier molecular flexibility index (Phi) is 5.39. The molecule has 1 fully saturated rings. The van der Waals surface area contributed by atoms with Crippen LogP contribution in [0.3, 0.4) is 0 Å². The van der Waals surface area contributed by atoms with Gasteiger partial charge in [-0.25, -0.2) is 0 Å². The van der Waals surface area contributed by atoms with Gasteiger partial charge in [0.15, 0.2) is 0 Å². The minimum absolute atomic E-state index is 0.113. The van der Waals surface area contributed by atoms with Crippen molar-refractivity contribution in [3.8, 4) is 0 Å². The van der Waals surface area contributed by atoms with Crippen molar-refractivity contribution >= 4 is 15.9 Å². The van der Waals surface area contributed by atoms with Crippen LogP contribution in [0.1, 0.15) is 24.9 Å². The Morgan fingerprint density at radius 2 is 2.11 bits per heavy atom. The summed E-state index contributed by atoms with van der Waals surface area (Å²) in [5.74, 6) is 0. The van der Waals surface area contributed by atoms with Crippen molar-refractivity contribution in [2.24, 2.45) is 5.73 Å². The summed E-state index contributed by atoms with van der Waals surface area (Å²) in [6, 6.07) is 9.00. The van der Waals surface area contributed by atoms with Gasteiger partial charge in [0.05, 0.1) is 0 Å². The third kappa shape index (κ3) is 4.02. The molecule has 1 saturated heterocycles. The molecule has 2 unspecified atom stereocenters. The van der Waals surface area contributed by atoms with Crippen LogP contribution in [0, 0.1) is 0 Å². The zero-order valence-electron chi connectivity index (χ0n) is 11.8. The van der Waals surface area contributed by atoms with E-state index < -0.39 is 0 Å². The summed E-state index contributed by atoms with van der Waals surface area (Å²) in [6.45, 7) is 6.86. The van der Waals surface area contributed by atoms with Gasteiger partial charge >= 0.3 is 0 Å². The van der Waals surface area contributed by atoms with Crippen LogP contribution in [0.15, 0.2) is 28.7 Å². The van der Waals surface area contributed by atoms with Crippen molar-refractivity contribution in [3.63, 3.8) is 0 Å². The molecule has 1 aliphatic heterocycles. The standard InChI is InChI=1S/C15H24BrN3/c1-12-11-18(2)9-10-19(12)8-7-15(17)13-5-3-4-6-14(13)16/h3-6,12,15H,7-11,17H2,1-2H3. The Labute approximate surface area is 124 Å². The first kappa shape index (κ1) is 15.0. The van der Waals surface area contributed by atoms with Crippen molar-refractivity contribution in [1.29, 1.82) is 0 Å². The maximum absolute atomic E-state index is 6.32. The number of benzene rings is 1. The Bertz CT molecular complexity index is 410. The van der Waals surface area contributed by atoms with E-state index in [2.05, 4.69) is 57.9 Å². The van der Waals surface area contributed by atoms with E-state index in [4.69, 9.17) is 5.73 Å². The fourth-order valence-electron chi connectivity index (χ4n) is 2.75. The number of halogens is 1. The minimum Gasteiger partial charge on any atom is -0.324 e. The zero-order chi connectivity index (χ0) is 13.8. The molecule has 0 saturated carbocycles. The predicted octanol–water partition coefficient (Wildman–Crippen LogP) is 2.47. The summed E-state index contributed by atoms with van der Waals surface area (Å²) in [7, 11) is 2.20. The fourth-order valence-corrected chi connectivity index (χ4v) is 3.32. The molecule has 2 rings (SSSR count). The van der Waals surface area contributed by atoms with Crippen LogP contribution < -0.4 is 5.73 Å². The van der Waals surface area contributed by atoms with Gasteiger partial charge in [0, 0.05) is 42.7 Å². The lowest BCUT2D eigenvalue weighted by Crippen LogP contribution is -2.50. The highest BCUT2D eigenvalue weighted by molar-refractivity contribution is 9.10. The average molecular weight is 326 g/mol. The molecule has 4 heteroatoms. The SMILES string of the molecule is CC1CN(C)CCN1CCC(N)c1ccccc1Br. The van der Waals surface area contributed by atoms with Crippen LogP contribution in [-0.4, -0.2) is 49.1 Å². The largest absolute Gasteiger partial charge is 0.324 e. The molecule has 1 aliphatic rings. The molecule has 1 aromatic carbocycles. The van der Waals surface area contributed by atoms with Crippen LogP contribution in [0.2, 0.25) is 0 Å². The highest BCUT2D eigenvalue weighted by atomic mass is 79.9. The first-order valence-corrected chi connectivity index (χ1v) is 7.80. The lowest BCUT2D eigenvalue weighted by atomic mass is 10.0. The van der Waals surface area contributed by atoms with E-state index in [-0.39, 0.29) is 6.04 Å². The molecule has 0 amide bonds. The van der Waals surface area contributed by atoms with Crippen LogP contribution in [0.4, 0.5) is 0 Å². The molecule has 2 N–H and O–H groups in total. The normalized spacial score (nSPS) is 23.5. The Hall–Kier alpha value is -0.420. The molecular formula is C15H24BrN3. The summed E-state index contributed by atoms with van der Waals surface area (Å²) >= 11 is 3.58. The van der Waals surface area contributed by atoms with Gasteiger partial charge in [-0.05, 0) is 32.0 Å². The molecule has 1 heterocycles. The van der Waals surface area contributed by atoms with Gasteiger partial charge in [-0.1, -0.05) is 34.1 Å². The lowest BCUT2D eigenvalue weighted by molar-refractivity contribution is 0.0973. The van der Waals surface area contributed by atoms with Gasteiger partial charge in [-0.3, -0.25) is 4.90 Å². The Balaban J connectivity index is 1.87. The monoisotopic (exact) mass is 325 g/mol. The second kappa shape index (κ2) is 6.84. The summed E-state index contributed by atoms with van der Waals surface area (Å²) < 4.78 is 1.12. The van der Waals surface area contributed by atoms with Crippen molar-refractivity contribution in [2.45, 2.75) is 25.4 Å². The number of rotatable bonds is 4. The van der Waals surface area contributed by atoms with Crippen molar-refractivity contribution < 1.29 is 0 Å². The van der Waals surface area contributed by atoms with E-state index in [1.165, 1.54) is 5.56 Å². The van der Waals surface area contributed by atoms with Gasteiger partial charge in [-0.2, -0.15) is 0 Å². The van der Waals surface area contributed by atoms with Crippen LogP contribution in [0.25, 0.3) is 0 Å². The molecule has 2 atom stereocenters. The van der Waals surface area contributed by atoms with E-state index in [0.717, 1.165) is 37.1 Å². The van der Waals surface area contributed by atoms with Crippen molar-refractivity contribution in [3.05, 3.63) is 34.3 Å². The topological polar surface area (TPSA) is 32.5 Å². The quantitative estimate of drug-likeness (QED) is 0.923. The van der Waals surface area contributed by atoms with Gasteiger partial charge < -0.3 is 10.6 Å². The number of piperazine rings is 1. The first-order chi connectivity index (χ1) is 9.08. The smallest absolute Gasteiger partial charge is 0.0318 e. The number of nitrogens with two attached hydrogens (primary N) is 1. The van der Waals surface area contributed by atoms with Crippen LogP contribution >= 0.6 is 15.9 Å². The number of hydrogen-bond donors (Lipinski definition) is 1. The van der Waals surface area contributed by atoms with E-state index >= 15 is 0 Å². The maximum atomic E-state index is 6.32. The zero-order valence-corrected chi connectivity index (χ0v) is 13.4. The molecule has 0 radical (unpaired) electrons. The average Bonchev–Trinajstić information content (AvgIpc) is 2.38. The van der Waals surface area contributed by atoms with Gasteiger partial charge in [0.25, 0.3) is 0 Å². The summed E-state index contributed by atoms with van der Waals surface area (Å²) in [5.41, 5.74) is 7.53. The summed E-state index contributed by atoms with van der Waals surface area (Å²) in [4.78, 5) is 4.95. The van der Waals surface area contributed by atoms with Gasteiger partial charge in [-0.15, -0.1) is 0 Å². The predicted molar refractivity (Wildman–Crippen MR) is 84.2 cm³/mol. The van der Waals surface area contributed by atoms with E-state index in [9.17, 15) is 0 Å². The van der Waals surface area contributed by atoms with Crippen molar-refractivity contribution in [1.82, 2.24) is 9.80 Å². The van der Waals surface area contributed by atoms with E-state index in [1.54, 1.807) is 0 Å². The molecule has 0 bridgehead atoms. The Morgan fingerprint density at radius 1 is 1.37 bits per heavy atom. The van der Waals surface area contributed by atoms with Crippen LogP contribution in [0.5, 0.6) is 0 Å². The first-order valence-electron chi connectivity index (χ1n) is 7.00. The second-order valence-electron chi connectivity index (χ2n) is 5.56. The third-order valence-electron chi connectivity index (χ3n) is 4.00. The Morgan fingerprint density at radius 3 is 2.79 bits per heavy atom. The summed E-state index contributed by atoms with van der Waals surface area (Å²) in [5, 5.41) is 0. The molecule has 0 aliphatic carbocycles. The maximum Gasteiger partial charge on any atom is 0.0318 e. The van der Waals surface area contributed by atoms with Crippen LogP contribution in [-0.2, 0) is 0 Å². The van der Waals surface area contributed by atoms with Gasteiger partial charge in [0.1, 0.15) is 0 Å². The molecule has 19 heavy (non-hydrogen) atoms. The lowest BCUT2D eigenvalue weighted by Gasteiger charge is -2.38. The van der Waals surface area contributed by atoms with Gasteiger partial charge in [0.2, 0.25) is 0 Å². The molecule has 0 aromatic heterocycles. The fraction of sp³-hybridized carbons (Fsp3) is 0.600. The number of hydrogen-bond acceptors (Lipinski definition) is 3.